The van der Waals surface area contributed by atoms with Crippen LogP contribution in [0.3, 0.4) is 0 Å². The predicted octanol–water partition coefficient (Wildman–Crippen LogP) is 3.57. The van der Waals surface area contributed by atoms with Gasteiger partial charge in [-0.2, -0.15) is 0 Å². The standard InChI is InChI=1S/C18H25NO3/c1-16(2,3)21-15(20)18(22-17(4,5)6)14-10-8-7-9-13(14)11-12-19-18/h7-12,19H,1-6H3. The van der Waals surface area contributed by atoms with Crippen LogP contribution in [0.5, 0.6) is 0 Å². The van der Waals surface area contributed by atoms with Crippen molar-refractivity contribution >= 4 is 12.0 Å². The number of ether oxygens (including phenoxy) is 2. The van der Waals surface area contributed by atoms with Gasteiger partial charge in [0.1, 0.15) is 5.60 Å². The molecule has 0 saturated carbocycles. The van der Waals surface area contributed by atoms with Gasteiger partial charge in [0, 0.05) is 11.8 Å². The fourth-order valence-corrected chi connectivity index (χ4v) is 2.39. The average Bonchev–Trinajstić information content (AvgIpc) is 2.35. The second kappa shape index (κ2) is 5.43. The summed E-state index contributed by atoms with van der Waals surface area (Å²) in [6.45, 7) is 11.3. The van der Waals surface area contributed by atoms with Crippen molar-refractivity contribution in [2.45, 2.75) is 58.5 Å². The molecule has 1 heterocycles. The second-order valence-corrected chi connectivity index (χ2v) is 7.46. The van der Waals surface area contributed by atoms with Gasteiger partial charge in [0.15, 0.2) is 0 Å². The van der Waals surface area contributed by atoms with E-state index in [-0.39, 0.29) is 0 Å². The zero-order chi connectivity index (χ0) is 16.6. The molecule has 0 aromatic heterocycles. The summed E-state index contributed by atoms with van der Waals surface area (Å²) < 4.78 is 11.8. The molecule has 1 N–H and O–H groups in total. The van der Waals surface area contributed by atoms with E-state index in [2.05, 4.69) is 5.32 Å². The van der Waals surface area contributed by atoms with Gasteiger partial charge in [-0.1, -0.05) is 24.3 Å². The first-order chi connectivity index (χ1) is 10.0. The van der Waals surface area contributed by atoms with Gasteiger partial charge in [-0.05, 0) is 53.2 Å². The maximum atomic E-state index is 12.9. The lowest BCUT2D eigenvalue weighted by Gasteiger charge is -2.41. The maximum Gasteiger partial charge on any atom is 0.365 e. The number of rotatable bonds is 2. The Morgan fingerprint density at radius 2 is 1.68 bits per heavy atom. The van der Waals surface area contributed by atoms with E-state index in [9.17, 15) is 4.79 Å². The van der Waals surface area contributed by atoms with E-state index >= 15 is 0 Å². The van der Waals surface area contributed by atoms with Gasteiger partial charge < -0.3 is 14.8 Å². The topological polar surface area (TPSA) is 47.6 Å². The molecule has 0 saturated heterocycles. The van der Waals surface area contributed by atoms with Crippen LogP contribution >= 0.6 is 0 Å². The Balaban J connectivity index is 2.53. The molecule has 1 aliphatic rings. The molecular weight excluding hydrogens is 278 g/mol. The van der Waals surface area contributed by atoms with Gasteiger partial charge in [-0.15, -0.1) is 0 Å². The third kappa shape index (κ3) is 3.50. The van der Waals surface area contributed by atoms with Gasteiger partial charge >= 0.3 is 5.97 Å². The first-order valence-electron chi connectivity index (χ1n) is 7.51. The molecule has 2 rings (SSSR count). The third-order valence-corrected chi connectivity index (χ3v) is 3.04. The van der Waals surface area contributed by atoms with Crippen LogP contribution in [0.1, 0.15) is 52.7 Å². The zero-order valence-electron chi connectivity index (χ0n) is 14.2. The molecule has 0 radical (unpaired) electrons. The summed E-state index contributed by atoms with van der Waals surface area (Å²) in [5, 5.41) is 3.09. The van der Waals surface area contributed by atoms with Crippen LogP contribution in [-0.4, -0.2) is 17.2 Å². The highest BCUT2D eigenvalue weighted by molar-refractivity contribution is 5.84. The molecule has 0 aliphatic carbocycles. The smallest absolute Gasteiger partial charge is 0.365 e. The molecule has 1 aliphatic heterocycles. The molecule has 120 valence electrons. The van der Waals surface area contributed by atoms with Gasteiger partial charge in [-0.3, -0.25) is 0 Å². The Morgan fingerprint density at radius 3 is 2.27 bits per heavy atom. The molecule has 0 amide bonds. The number of benzene rings is 1. The van der Waals surface area contributed by atoms with E-state index in [0.717, 1.165) is 11.1 Å². The van der Waals surface area contributed by atoms with Crippen LogP contribution in [0.2, 0.25) is 0 Å². The van der Waals surface area contributed by atoms with Crippen LogP contribution < -0.4 is 5.32 Å². The molecule has 1 unspecified atom stereocenters. The largest absolute Gasteiger partial charge is 0.456 e. The summed E-state index contributed by atoms with van der Waals surface area (Å²) in [5.41, 5.74) is -0.750. The maximum absolute atomic E-state index is 12.9. The Morgan fingerprint density at radius 1 is 1.05 bits per heavy atom. The van der Waals surface area contributed by atoms with Gasteiger partial charge in [0.2, 0.25) is 0 Å². The third-order valence-electron chi connectivity index (χ3n) is 3.04. The minimum absolute atomic E-state index is 0.438. The van der Waals surface area contributed by atoms with Crippen molar-refractivity contribution in [3.63, 3.8) is 0 Å². The molecule has 1 atom stereocenters. The number of hydrogen-bond acceptors (Lipinski definition) is 4. The molecule has 0 fully saturated rings. The highest BCUT2D eigenvalue weighted by Gasteiger charge is 2.49. The van der Waals surface area contributed by atoms with Crippen LogP contribution in [0.25, 0.3) is 6.08 Å². The van der Waals surface area contributed by atoms with Crippen molar-refractivity contribution in [1.29, 1.82) is 0 Å². The monoisotopic (exact) mass is 303 g/mol. The quantitative estimate of drug-likeness (QED) is 0.849. The van der Waals surface area contributed by atoms with Gasteiger partial charge in [-0.25, -0.2) is 4.79 Å². The lowest BCUT2D eigenvalue weighted by Crippen LogP contribution is -2.56. The molecule has 4 heteroatoms. The van der Waals surface area contributed by atoms with Crippen LogP contribution in [0, 0.1) is 0 Å². The normalized spacial score (nSPS) is 21.0. The number of hydrogen-bond donors (Lipinski definition) is 1. The van der Waals surface area contributed by atoms with Crippen LogP contribution in [-0.2, 0) is 20.0 Å². The lowest BCUT2D eigenvalue weighted by atomic mass is 9.93. The summed E-state index contributed by atoms with van der Waals surface area (Å²) in [7, 11) is 0. The number of carbonyl (C=O) groups is 1. The number of carbonyl (C=O) groups excluding carboxylic acids is 1. The Hall–Kier alpha value is -1.81. The van der Waals surface area contributed by atoms with Crippen molar-refractivity contribution in [3.05, 3.63) is 41.6 Å². The Kier molecular flexibility index (Phi) is 4.09. The van der Waals surface area contributed by atoms with Crippen molar-refractivity contribution in [2.75, 3.05) is 0 Å². The summed E-state index contributed by atoms with van der Waals surface area (Å²) in [5.74, 6) is -0.438. The van der Waals surface area contributed by atoms with Gasteiger partial charge in [0.25, 0.3) is 5.72 Å². The molecule has 1 aromatic rings. The summed E-state index contributed by atoms with van der Waals surface area (Å²) in [6.07, 6.45) is 3.65. The van der Waals surface area contributed by atoms with Crippen molar-refractivity contribution < 1.29 is 14.3 Å². The van der Waals surface area contributed by atoms with Crippen molar-refractivity contribution in [1.82, 2.24) is 5.32 Å². The van der Waals surface area contributed by atoms with Crippen LogP contribution in [0.4, 0.5) is 0 Å². The van der Waals surface area contributed by atoms with E-state index in [1.165, 1.54) is 0 Å². The minimum atomic E-state index is -1.34. The molecule has 22 heavy (non-hydrogen) atoms. The molecular formula is C18H25NO3. The number of fused-ring (bicyclic) bond motifs is 1. The zero-order valence-corrected chi connectivity index (χ0v) is 14.2. The van der Waals surface area contributed by atoms with Gasteiger partial charge in [0.05, 0.1) is 5.60 Å². The Labute approximate surface area is 132 Å². The van der Waals surface area contributed by atoms with E-state index in [1.807, 2.05) is 71.9 Å². The molecule has 1 aromatic carbocycles. The first kappa shape index (κ1) is 16.6. The predicted molar refractivity (Wildman–Crippen MR) is 87.0 cm³/mol. The summed E-state index contributed by atoms with van der Waals surface area (Å²) >= 11 is 0. The highest BCUT2D eigenvalue weighted by Crippen LogP contribution is 2.36. The number of esters is 1. The lowest BCUT2D eigenvalue weighted by molar-refractivity contribution is -0.209. The highest BCUT2D eigenvalue weighted by atomic mass is 16.6. The average molecular weight is 303 g/mol. The molecule has 0 bridgehead atoms. The van der Waals surface area contributed by atoms with Crippen LogP contribution in [0.15, 0.2) is 30.5 Å². The van der Waals surface area contributed by atoms with E-state index in [0.29, 0.717) is 0 Å². The molecule has 4 nitrogen and oxygen atoms in total. The first-order valence-corrected chi connectivity index (χ1v) is 7.51. The van der Waals surface area contributed by atoms with E-state index in [4.69, 9.17) is 9.47 Å². The van der Waals surface area contributed by atoms with Crippen molar-refractivity contribution in [2.24, 2.45) is 0 Å². The second-order valence-electron chi connectivity index (χ2n) is 7.46. The summed E-state index contributed by atoms with van der Waals surface area (Å²) in [6, 6.07) is 7.68. The van der Waals surface area contributed by atoms with Crippen molar-refractivity contribution in [3.8, 4) is 0 Å². The summed E-state index contributed by atoms with van der Waals surface area (Å²) in [4.78, 5) is 12.9. The fraction of sp³-hybridized carbons (Fsp3) is 0.500. The van der Waals surface area contributed by atoms with E-state index < -0.39 is 22.9 Å². The Bertz CT molecular complexity index is 593. The minimum Gasteiger partial charge on any atom is -0.456 e. The molecule has 0 spiro atoms. The fourth-order valence-electron chi connectivity index (χ4n) is 2.39. The van der Waals surface area contributed by atoms with E-state index in [1.54, 1.807) is 6.20 Å². The SMILES string of the molecule is CC(C)(C)OC(=O)C1(OC(C)(C)C)NC=Cc2ccccc21. The number of nitrogens with one attached hydrogen (secondary N) is 1.